The molecule has 84 valence electrons. The van der Waals surface area contributed by atoms with Crippen LogP contribution in [0.4, 0.5) is 0 Å². The predicted molar refractivity (Wildman–Crippen MR) is 62.8 cm³/mol. The van der Waals surface area contributed by atoms with E-state index in [1.807, 2.05) is 0 Å². The minimum atomic E-state index is 0.477. The summed E-state index contributed by atoms with van der Waals surface area (Å²) in [5.41, 5.74) is 2.80. The van der Waals surface area contributed by atoms with E-state index in [2.05, 4.69) is 6.92 Å². The summed E-state index contributed by atoms with van der Waals surface area (Å²) in [6, 6.07) is 0. The topological polar surface area (TPSA) is 17.1 Å². The summed E-state index contributed by atoms with van der Waals surface area (Å²) < 4.78 is 0. The molecule has 1 fully saturated rings. The van der Waals surface area contributed by atoms with Gasteiger partial charge in [-0.3, -0.25) is 4.79 Å². The Morgan fingerprint density at radius 1 is 1.27 bits per heavy atom. The Hall–Kier alpha value is -0.590. The van der Waals surface area contributed by atoms with E-state index in [-0.39, 0.29) is 0 Å². The van der Waals surface area contributed by atoms with Gasteiger partial charge in [0, 0.05) is 6.42 Å². The third-order valence-corrected chi connectivity index (χ3v) is 3.93. The van der Waals surface area contributed by atoms with Gasteiger partial charge in [0.25, 0.3) is 0 Å². The van der Waals surface area contributed by atoms with Gasteiger partial charge in [0.2, 0.25) is 0 Å². The predicted octanol–water partition coefficient (Wildman–Crippen LogP) is 4.03. The Morgan fingerprint density at radius 2 is 2.13 bits per heavy atom. The van der Waals surface area contributed by atoms with Crippen LogP contribution >= 0.6 is 0 Å². The van der Waals surface area contributed by atoms with Gasteiger partial charge in [-0.2, -0.15) is 0 Å². The van der Waals surface area contributed by atoms with E-state index in [9.17, 15) is 4.79 Å². The summed E-state index contributed by atoms with van der Waals surface area (Å²) in [7, 11) is 0. The lowest BCUT2D eigenvalue weighted by molar-refractivity contribution is -0.115. The second-order valence-corrected chi connectivity index (χ2v) is 5.03. The molecule has 1 atom stereocenters. The Kier molecular flexibility index (Phi) is 3.61. The normalized spacial score (nSPS) is 26.7. The molecule has 0 amide bonds. The van der Waals surface area contributed by atoms with Crippen molar-refractivity contribution in [1.29, 1.82) is 0 Å². The fourth-order valence-electron chi connectivity index (χ4n) is 3.06. The molecule has 0 N–H and O–H groups in total. The number of rotatable bonds is 3. The van der Waals surface area contributed by atoms with Gasteiger partial charge < -0.3 is 0 Å². The van der Waals surface area contributed by atoms with Crippen molar-refractivity contribution in [3.8, 4) is 0 Å². The smallest absolute Gasteiger partial charge is 0.159 e. The summed E-state index contributed by atoms with van der Waals surface area (Å²) in [6.07, 6.45) is 10.8. The van der Waals surface area contributed by atoms with Crippen molar-refractivity contribution in [2.24, 2.45) is 5.92 Å². The van der Waals surface area contributed by atoms with Crippen LogP contribution in [0.25, 0.3) is 0 Å². The maximum absolute atomic E-state index is 11.9. The van der Waals surface area contributed by atoms with Crippen LogP contribution in [-0.2, 0) is 4.79 Å². The average Bonchev–Trinajstić information content (AvgIpc) is 2.41. The zero-order valence-corrected chi connectivity index (χ0v) is 9.85. The third kappa shape index (κ3) is 2.32. The van der Waals surface area contributed by atoms with Gasteiger partial charge in [-0.15, -0.1) is 0 Å². The zero-order chi connectivity index (χ0) is 10.7. The van der Waals surface area contributed by atoms with Crippen LogP contribution in [0.3, 0.4) is 0 Å². The van der Waals surface area contributed by atoms with Crippen LogP contribution in [-0.4, -0.2) is 5.78 Å². The monoisotopic (exact) mass is 206 g/mol. The second-order valence-electron chi connectivity index (χ2n) is 5.03. The first-order chi connectivity index (χ1) is 7.33. The van der Waals surface area contributed by atoms with Crippen molar-refractivity contribution < 1.29 is 4.79 Å². The summed E-state index contributed by atoms with van der Waals surface area (Å²) in [5, 5.41) is 0. The first-order valence-electron chi connectivity index (χ1n) is 6.58. The lowest BCUT2D eigenvalue weighted by Crippen LogP contribution is -1.98. The van der Waals surface area contributed by atoms with Crippen molar-refractivity contribution >= 4 is 5.78 Å². The van der Waals surface area contributed by atoms with Gasteiger partial charge >= 0.3 is 0 Å². The van der Waals surface area contributed by atoms with Gasteiger partial charge in [-0.05, 0) is 43.6 Å². The molecule has 1 heteroatoms. The van der Waals surface area contributed by atoms with Crippen LogP contribution in [0.5, 0.6) is 0 Å². The lowest BCUT2D eigenvalue weighted by atomic mass is 9.95. The molecule has 15 heavy (non-hydrogen) atoms. The molecule has 1 unspecified atom stereocenters. The molecule has 0 bridgehead atoms. The van der Waals surface area contributed by atoms with E-state index in [0.717, 1.165) is 12.8 Å². The largest absolute Gasteiger partial charge is 0.295 e. The fraction of sp³-hybridized carbons (Fsp3) is 0.786. The molecule has 0 aromatic rings. The molecular weight excluding hydrogens is 184 g/mol. The zero-order valence-electron chi connectivity index (χ0n) is 9.85. The number of fused-ring (bicyclic) bond motifs is 1. The van der Waals surface area contributed by atoms with Gasteiger partial charge in [-0.25, -0.2) is 0 Å². The summed E-state index contributed by atoms with van der Waals surface area (Å²) >= 11 is 0. The van der Waals surface area contributed by atoms with E-state index >= 15 is 0 Å². The average molecular weight is 206 g/mol. The highest BCUT2D eigenvalue weighted by Crippen LogP contribution is 2.40. The molecule has 1 nitrogen and oxygen atoms in total. The van der Waals surface area contributed by atoms with Crippen molar-refractivity contribution in [2.75, 3.05) is 0 Å². The number of ketones is 1. The highest BCUT2D eigenvalue weighted by atomic mass is 16.1. The van der Waals surface area contributed by atoms with Crippen LogP contribution in [0.2, 0.25) is 0 Å². The molecule has 0 aromatic heterocycles. The van der Waals surface area contributed by atoms with Gasteiger partial charge in [0.1, 0.15) is 0 Å². The Morgan fingerprint density at radius 3 is 2.93 bits per heavy atom. The van der Waals surface area contributed by atoms with Gasteiger partial charge in [-0.1, -0.05) is 31.8 Å². The molecule has 0 spiro atoms. The lowest BCUT2D eigenvalue weighted by Gasteiger charge is -2.10. The summed E-state index contributed by atoms with van der Waals surface area (Å²) in [4.78, 5) is 11.9. The Balaban J connectivity index is 2.13. The molecule has 0 aromatic carbocycles. The van der Waals surface area contributed by atoms with E-state index in [0.29, 0.717) is 11.7 Å². The quantitative estimate of drug-likeness (QED) is 0.681. The van der Waals surface area contributed by atoms with E-state index in [1.54, 1.807) is 5.57 Å². The van der Waals surface area contributed by atoms with Crippen molar-refractivity contribution in [1.82, 2.24) is 0 Å². The number of hydrogen-bond acceptors (Lipinski definition) is 1. The summed E-state index contributed by atoms with van der Waals surface area (Å²) in [6.45, 7) is 2.20. The number of hydrogen-bond donors (Lipinski definition) is 0. The van der Waals surface area contributed by atoms with Crippen molar-refractivity contribution in [2.45, 2.75) is 64.7 Å². The number of Topliss-reactive ketones (excluding diaryl/α,β-unsaturated/α-hetero) is 1. The SMILES string of the molecule is CCCCC1=C2CCCCCC2CC1=O. The summed E-state index contributed by atoms with van der Waals surface area (Å²) in [5.74, 6) is 1.12. The molecule has 0 radical (unpaired) electrons. The van der Waals surface area contributed by atoms with Crippen LogP contribution in [0.15, 0.2) is 11.1 Å². The maximum atomic E-state index is 11.9. The minimum absolute atomic E-state index is 0.477. The third-order valence-electron chi connectivity index (χ3n) is 3.93. The van der Waals surface area contributed by atoms with Crippen LogP contribution in [0, 0.1) is 5.92 Å². The van der Waals surface area contributed by atoms with Gasteiger partial charge in [0.05, 0.1) is 0 Å². The van der Waals surface area contributed by atoms with Crippen molar-refractivity contribution in [3.63, 3.8) is 0 Å². The minimum Gasteiger partial charge on any atom is -0.295 e. The van der Waals surface area contributed by atoms with E-state index in [1.165, 1.54) is 50.5 Å². The molecule has 0 aliphatic heterocycles. The number of allylic oxidation sites excluding steroid dienone is 2. The first kappa shape index (κ1) is 10.9. The molecule has 0 heterocycles. The first-order valence-corrected chi connectivity index (χ1v) is 6.58. The number of carbonyl (C=O) groups excluding carboxylic acids is 1. The molecule has 2 rings (SSSR count). The Labute approximate surface area is 92.9 Å². The molecule has 2 aliphatic rings. The highest BCUT2D eigenvalue weighted by Gasteiger charge is 2.31. The maximum Gasteiger partial charge on any atom is 0.159 e. The van der Waals surface area contributed by atoms with Crippen molar-refractivity contribution in [3.05, 3.63) is 11.1 Å². The van der Waals surface area contributed by atoms with Gasteiger partial charge in [0.15, 0.2) is 5.78 Å². The van der Waals surface area contributed by atoms with E-state index < -0.39 is 0 Å². The molecule has 0 saturated heterocycles. The highest BCUT2D eigenvalue weighted by molar-refractivity contribution is 5.99. The Bertz CT molecular complexity index is 275. The van der Waals surface area contributed by atoms with Crippen LogP contribution < -0.4 is 0 Å². The number of carbonyl (C=O) groups is 1. The molecule has 1 saturated carbocycles. The fourth-order valence-corrected chi connectivity index (χ4v) is 3.06. The molecule has 2 aliphatic carbocycles. The standard InChI is InChI=1S/C14H22O/c1-2-3-8-13-12-9-6-4-5-7-11(12)10-14(13)15/h11H,2-10H2,1H3. The van der Waals surface area contributed by atoms with Crippen LogP contribution in [0.1, 0.15) is 64.7 Å². The van der Waals surface area contributed by atoms with E-state index in [4.69, 9.17) is 0 Å². The second kappa shape index (κ2) is 4.96. The molecular formula is C14H22O. The number of unbranched alkanes of at least 4 members (excludes halogenated alkanes) is 1.